The molecule has 3 heterocycles. The largest absolute Gasteiger partial charge is 0.455 e. The minimum Gasteiger partial charge on any atom is -0.455 e. The molecule has 5 nitrogen and oxygen atoms in total. The molecule has 1 spiro atoms. The lowest BCUT2D eigenvalue weighted by Gasteiger charge is -2.47. The monoisotopic (exact) mass is 1140 g/mol. The van der Waals surface area contributed by atoms with Crippen molar-refractivity contribution in [2.24, 2.45) is 0 Å². The molecule has 0 aliphatic heterocycles. The van der Waals surface area contributed by atoms with Gasteiger partial charge in [-0.1, -0.05) is 172 Å². The van der Waals surface area contributed by atoms with E-state index in [1.165, 1.54) is 68.2 Å². The summed E-state index contributed by atoms with van der Waals surface area (Å²) >= 11 is 3.63. The van der Waals surface area contributed by atoms with Crippen LogP contribution >= 0.6 is 22.7 Å². The van der Waals surface area contributed by atoms with Crippen LogP contribution in [0, 0.1) is 22.7 Å². The highest BCUT2D eigenvalue weighted by atomic mass is 32.1. The average Bonchev–Trinajstić information content (AvgIpc) is 1.53. The van der Waals surface area contributed by atoms with Crippen molar-refractivity contribution >= 4 is 141 Å². The maximum atomic E-state index is 10.3. The van der Waals surface area contributed by atoms with Gasteiger partial charge >= 0.3 is 0 Å². The van der Waals surface area contributed by atoms with E-state index in [1.807, 2.05) is 46.9 Å². The molecule has 0 unspecified atom stereocenters. The lowest BCUT2D eigenvalue weighted by molar-refractivity contribution is 0.564. The quantitative estimate of drug-likeness (QED) is 0.155. The molecule has 87 heavy (non-hydrogen) atoms. The van der Waals surface area contributed by atoms with E-state index in [-0.39, 0.29) is 5.41 Å². The van der Waals surface area contributed by atoms with Crippen LogP contribution in [0.5, 0.6) is 0 Å². The first-order chi connectivity index (χ1) is 42.8. The van der Waals surface area contributed by atoms with E-state index in [2.05, 4.69) is 266 Å². The van der Waals surface area contributed by atoms with Gasteiger partial charge in [0.2, 0.25) is 0 Å². The van der Waals surface area contributed by atoms with E-state index in [0.717, 1.165) is 94.3 Å². The fraction of sp³-hybridized carbons (Fsp3) is 0.0500. The van der Waals surface area contributed by atoms with Crippen LogP contribution in [-0.4, -0.2) is 0 Å². The fourth-order valence-corrected chi connectivity index (χ4v) is 17.7. The minimum atomic E-state index is -0.894. The van der Waals surface area contributed by atoms with Gasteiger partial charge in [0.15, 0.2) is 0 Å². The first kappa shape index (κ1) is 49.6. The van der Waals surface area contributed by atoms with E-state index in [4.69, 9.17) is 4.42 Å². The molecule has 2 aliphatic rings. The first-order valence-corrected chi connectivity index (χ1v) is 31.1. The van der Waals surface area contributed by atoms with Gasteiger partial charge in [-0.2, -0.15) is 10.5 Å². The normalized spacial score (nSPS) is 13.6. The molecule has 2 aliphatic carbocycles. The van der Waals surface area contributed by atoms with Crippen LogP contribution in [-0.2, 0) is 10.8 Å². The van der Waals surface area contributed by atoms with E-state index in [0.29, 0.717) is 11.1 Å². The third kappa shape index (κ3) is 6.76. The summed E-state index contributed by atoms with van der Waals surface area (Å²) in [5.41, 5.74) is 17.2. The summed E-state index contributed by atoms with van der Waals surface area (Å²) < 4.78 is 12.4. The Balaban J connectivity index is 1.01. The minimum absolute atomic E-state index is 0.367. The molecule has 13 aromatic carbocycles. The van der Waals surface area contributed by atoms with Crippen molar-refractivity contribution < 1.29 is 4.42 Å². The number of anilines is 6. The highest BCUT2D eigenvalue weighted by Gasteiger charge is 2.56. The standard InChI is InChI=1S/C80H48N4OS2/c1-79(2)61-24-8-10-26-63(61)80(64-27-11-9-25-62(64)79)65-44-68(84(50-39-35-48(46-82)36-40-50)67-29-16-23-58-54-19-7-14-32-71(54)87-78(58)67)72-59-21-5-12-30-69(59)85-76(72)74(65)73-55-20-4-3-17-52(55)60-43-51(41-42-56(60)75(73)80)83(49-37-33-47(45-81)34-38-49)66-28-15-22-57-53-18-6-13-31-70(53)86-77(57)66/h3-44H,1-2H3. The second-order valence-corrected chi connectivity index (χ2v) is 25.7. The Morgan fingerprint density at radius 1 is 0.368 bits per heavy atom. The Labute approximate surface area is 509 Å². The summed E-state index contributed by atoms with van der Waals surface area (Å²) in [5, 5.41) is 31.8. The molecule has 3 aromatic heterocycles. The summed E-state index contributed by atoms with van der Waals surface area (Å²) in [6.07, 6.45) is 0. The van der Waals surface area contributed by atoms with Gasteiger partial charge in [0.05, 0.1) is 60.5 Å². The zero-order valence-electron chi connectivity index (χ0n) is 47.3. The summed E-state index contributed by atoms with van der Waals surface area (Å²) in [7, 11) is 0. The van der Waals surface area contributed by atoms with Crippen molar-refractivity contribution in [3.63, 3.8) is 0 Å². The maximum absolute atomic E-state index is 10.3. The number of fused-ring (bicyclic) bond motifs is 24. The Morgan fingerprint density at radius 3 is 1.45 bits per heavy atom. The molecule has 7 heteroatoms. The number of hydrogen-bond donors (Lipinski definition) is 0. The van der Waals surface area contributed by atoms with Gasteiger partial charge in [0.25, 0.3) is 0 Å². The topological polar surface area (TPSA) is 67.2 Å². The third-order valence-corrected chi connectivity index (χ3v) is 21.4. The Morgan fingerprint density at radius 2 is 0.851 bits per heavy atom. The number of furan rings is 1. The van der Waals surface area contributed by atoms with Crippen molar-refractivity contribution in [3.05, 3.63) is 299 Å². The molecule has 0 saturated heterocycles. The molecule has 0 atom stereocenters. The molecular formula is C80H48N4OS2. The maximum Gasteiger partial charge on any atom is 0.145 e. The second-order valence-electron chi connectivity index (χ2n) is 23.6. The van der Waals surface area contributed by atoms with Crippen molar-refractivity contribution in [2.75, 3.05) is 9.80 Å². The average molecular weight is 1150 g/mol. The summed E-state index contributed by atoms with van der Waals surface area (Å²) in [6, 6.07) is 97.3. The molecule has 0 bridgehead atoms. The van der Waals surface area contributed by atoms with Crippen molar-refractivity contribution in [3.8, 4) is 23.3 Å². The Bertz CT molecular complexity index is 5680. The first-order valence-electron chi connectivity index (χ1n) is 29.4. The van der Waals surface area contributed by atoms with E-state index in [1.54, 1.807) is 0 Å². The molecule has 0 fully saturated rings. The third-order valence-electron chi connectivity index (χ3n) is 18.9. The van der Waals surface area contributed by atoms with Gasteiger partial charge in [0.1, 0.15) is 11.2 Å². The van der Waals surface area contributed by atoms with Gasteiger partial charge in [-0.25, -0.2) is 0 Å². The molecule has 16 aromatic rings. The second kappa shape index (κ2) is 18.4. The van der Waals surface area contributed by atoms with E-state index < -0.39 is 5.41 Å². The van der Waals surface area contributed by atoms with E-state index >= 15 is 0 Å². The lowest BCUT2D eigenvalue weighted by atomic mass is 9.55. The molecule has 0 radical (unpaired) electrons. The number of hydrogen-bond acceptors (Lipinski definition) is 7. The summed E-state index contributed by atoms with van der Waals surface area (Å²) in [6.45, 7) is 4.78. The lowest BCUT2D eigenvalue weighted by Crippen LogP contribution is -2.40. The SMILES string of the molecule is CC1(C)c2ccccc2C2(c3ccccc31)c1cc(N(c3ccc(C#N)cc3)c3cccc4c3sc3ccccc34)c3c(oc4ccccc43)c1-c1c2c2ccc(N(c3ccc(C#N)cc3)c3cccc4c3sc3ccccc34)cc2c2ccccc12. The number of nitrogens with zero attached hydrogens (tertiary/aromatic N) is 4. The van der Waals surface area contributed by atoms with E-state index in [9.17, 15) is 10.5 Å². The zero-order chi connectivity index (χ0) is 57.9. The van der Waals surface area contributed by atoms with Gasteiger partial charge in [0, 0.05) is 64.4 Å². The highest BCUT2D eigenvalue weighted by Crippen LogP contribution is 2.68. The fourth-order valence-electron chi connectivity index (χ4n) is 15.3. The predicted octanol–water partition coefficient (Wildman–Crippen LogP) is 22.3. The molecule has 406 valence electrons. The van der Waals surface area contributed by atoms with Crippen LogP contribution in [0.3, 0.4) is 0 Å². The van der Waals surface area contributed by atoms with Gasteiger partial charge in [-0.3, -0.25) is 0 Å². The van der Waals surface area contributed by atoms with Crippen molar-refractivity contribution in [1.82, 2.24) is 0 Å². The van der Waals surface area contributed by atoms with Crippen LogP contribution in [0.15, 0.2) is 259 Å². The van der Waals surface area contributed by atoms with Crippen LogP contribution in [0.4, 0.5) is 34.1 Å². The number of rotatable bonds is 6. The predicted molar refractivity (Wildman–Crippen MR) is 363 cm³/mol. The molecular weight excluding hydrogens is 1100 g/mol. The van der Waals surface area contributed by atoms with Crippen LogP contribution < -0.4 is 9.80 Å². The number of benzene rings is 13. The summed E-state index contributed by atoms with van der Waals surface area (Å²) in [4.78, 5) is 4.83. The molecule has 0 N–H and O–H groups in total. The molecule has 0 saturated carbocycles. The summed E-state index contributed by atoms with van der Waals surface area (Å²) in [5.74, 6) is 0. The number of nitriles is 2. The highest BCUT2D eigenvalue weighted by molar-refractivity contribution is 7.26. The van der Waals surface area contributed by atoms with Crippen LogP contribution in [0.25, 0.3) is 95.0 Å². The molecule has 18 rings (SSSR count). The van der Waals surface area contributed by atoms with Gasteiger partial charge in [-0.15, -0.1) is 22.7 Å². The zero-order valence-corrected chi connectivity index (χ0v) is 48.9. The molecule has 0 amide bonds. The van der Waals surface area contributed by atoms with Crippen molar-refractivity contribution in [1.29, 1.82) is 10.5 Å². The Hall–Kier alpha value is -10.8. The van der Waals surface area contributed by atoms with Crippen LogP contribution in [0.1, 0.15) is 58.4 Å². The smallest absolute Gasteiger partial charge is 0.145 e. The Kier molecular flexibility index (Phi) is 10.5. The van der Waals surface area contributed by atoms with Crippen molar-refractivity contribution in [2.45, 2.75) is 24.7 Å². The van der Waals surface area contributed by atoms with Gasteiger partial charge in [-0.05, 0) is 158 Å². The number of thiophene rings is 2. The van der Waals surface area contributed by atoms with Gasteiger partial charge < -0.3 is 14.2 Å². The van der Waals surface area contributed by atoms with Crippen LogP contribution in [0.2, 0.25) is 0 Å². The number of para-hydroxylation sites is 1.